The Labute approximate surface area is 149 Å². The van der Waals surface area contributed by atoms with Crippen molar-refractivity contribution in [2.75, 3.05) is 0 Å². The molecule has 0 saturated carbocycles. The molecule has 0 saturated heterocycles. The van der Waals surface area contributed by atoms with Crippen molar-refractivity contribution in [2.24, 2.45) is 0 Å². The topological polar surface area (TPSA) is 34.1 Å². The number of aldehydes is 2. The Hall–Kier alpha value is -2.90. The molecule has 0 amide bonds. The number of rotatable bonds is 4. The van der Waals surface area contributed by atoms with Crippen LogP contribution in [0.4, 0.5) is 26.3 Å². The number of alkyl halides is 6. The zero-order valence-corrected chi connectivity index (χ0v) is 13.4. The Morgan fingerprint density at radius 1 is 0.556 bits per heavy atom. The third-order valence-electron chi connectivity index (χ3n) is 4.34. The molecule has 27 heavy (non-hydrogen) atoms. The van der Waals surface area contributed by atoms with Crippen LogP contribution in [0.2, 0.25) is 0 Å². The van der Waals surface area contributed by atoms with Gasteiger partial charge >= 0.3 is 17.8 Å². The average molecular weight is 384 g/mol. The molecule has 2 aromatic carbocycles. The van der Waals surface area contributed by atoms with Gasteiger partial charge in [-0.2, -0.15) is 26.3 Å². The summed E-state index contributed by atoms with van der Waals surface area (Å²) in [7, 11) is 0. The summed E-state index contributed by atoms with van der Waals surface area (Å²) in [5, 5.41) is 0. The van der Waals surface area contributed by atoms with Crippen molar-refractivity contribution in [2.45, 2.75) is 17.8 Å². The largest absolute Gasteiger partial charge is 0.380 e. The quantitative estimate of drug-likeness (QED) is 0.540. The highest BCUT2D eigenvalue weighted by Crippen LogP contribution is 2.64. The number of hydrogen-bond donors (Lipinski definition) is 0. The Kier molecular flexibility index (Phi) is 4.25. The first-order valence-corrected chi connectivity index (χ1v) is 7.58. The van der Waals surface area contributed by atoms with Crippen LogP contribution in [0.3, 0.4) is 0 Å². The van der Waals surface area contributed by atoms with Crippen LogP contribution in [0.15, 0.2) is 48.5 Å². The average Bonchev–Trinajstić information content (AvgIpc) is 2.76. The second kappa shape index (κ2) is 6.07. The fourth-order valence-electron chi connectivity index (χ4n) is 2.93. The summed E-state index contributed by atoms with van der Waals surface area (Å²) in [6, 6.07) is 7.88. The van der Waals surface area contributed by atoms with Gasteiger partial charge in [0.05, 0.1) is 0 Å². The summed E-state index contributed by atoms with van der Waals surface area (Å²) in [5.74, 6) is -16.0. The number of halogens is 6. The first kappa shape index (κ1) is 18.9. The third-order valence-corrected chi connectivity index (χ3v) is 4.34. The summed E-state index contributed by atoms with van der Waals surface area (Å²) < 4.78 is 85.7. The summed E-state index contributed by atoms with van der Waals surface area (Å²) in [4.78, 5) is 21.4. The zero-order chi connectivity index (χ0) is 20.0. The summed E-state index contributed by atoms with van der Waals surface area (Å²) in [6.07, 6.45) is 0.792. The van der Waals surface area contributed by atoms with Crippen molar-refractivity contribution in [3.05, 3.63) is 70.8 Å². The molecular formula is C19H10F6O2. The number of allylic oxidation sites excluding steroid dienone is 2. The van der Waals surface area contributed by atoms with Crippen molar-refractivity contribution in [3.8, 4) is 0 Å². The van der Waals surface area contributed by atoms with E-state index in [1.165, 1.54) is 0 Å². The first-order chi connectivity index (χ1) is 12.6. The monoisotopic (exact) mass is 384 g/mol. The van der Waals surface area contributed by atoms with Crippen LogP contribution in [-0.2, 0) is 0 Å². The van der Waals surface area contributed by atoms with Crippen molar-refractivity contribution in [1.29, 1.82) is 0 Å². The second-order valence-corrected chi connectivity index (χ2v) is 5.95. The van der Waals surface area contributed by atoms with Gasteiger partial charge in [0.25, 0.3) is 0 Å². The number of benzene rings is 2. The van der Waals surface area contributed by atoms with E-state index in [2.05, 4.69) is 0 Å². The molecule has 0 aromatic heterocycles. The molecule has 0 aliphatic heterocycles. The lowest BCUT2D eigenvalue weighted by Crippen LogP contribution is -2.48. The molecule has 2 nitrogen and oxygen atoms in total. The Morgan fingerprint density at radius 2 is 0.852 bits per heavy atom. The van der Waals surface area contributed by atoms with Gasteiger partial charge in [-0.05, 0) is 11.1 Å². The minimum absolute atomic E-state index is 0.0658. The highest BCUT2D eigenvalue weighted by Gasteiger charge is 2.80. The maximum Gasteiger partial charge on any atom is 0.380 e. The lowest BCUT2D eigenvalue weighted by atomic mass is 9.94. The lowest BCUT2D eigenvalue weighted by molar-refractivity contribution is -0.254. The maximum atomic E-state index is 14.4. The SMILES string of the molecule is O=Cc1ccc(C2=C(c3ccc(C=O)cc3)C(F)(F)C(F)(F)C2(F)F)cc1. The van der Waals surface area contributed by atoms with Gasteiger partial charge in [0.2, 0.25) is 0 Å². The summed E-state index contributed by atoms with van der Waals surface area (Å²) in [6.45, 7) is 0. The van der Waals surface area contributed by atoms with Crippen LogP contribution >= 0.6 is 0 Å². The van der Waals surface area contributed by atoms with Crippen LogP contribution < -0.4 is 0 Å². The molecule has 1 aliphatic carbocycles. The third kappa shape index (κ3) is 2.58. The maximum absolute atomic E-state index is 14.4. The molecule has 8 heteroatoms. The molecule has 0 unspecified atom stereocenters. The van der Waals surface area contributed by atoms with Gasteiger partial charge in [0.15, 0.2) is 0 Å². The highest BCUT2D eigenvalue weighted by atomic mass is 19.3. The molecule has 140 valence electrons. The van der Waals surface area contributed by atoms with E-state index in [1.54, 1.807) is 0 Å². The van der Waals surface area contributed by atoms with E-state index in [4.69, 9.17) is 0 Å². The fraction of sp³-hybridized carbons (Fsp3) is 0.158. The normalized spacial score (nSPS) is 19.8. The van der Waals surface area contributed by atoms with E-state index in [0.29, 0.717) is 12.6 Å². The van der Waals surface area contributed by atoms with Crippen molar-refractivity contribution >= 4 is 23.7 Å². The predicted molar refractivity (Wildman–Crippen MR) is 85.3 cm³/mol. The van der Waals surface area contributed by atoms with Gasteiger partial charge in [-0.3, -0.25) is 9.59 Å². The molecule has 0 atom stereocenters. The van der Waals surface area contributed by atoms with Gasteiger partial charge < -0.3 is 0 Å². The van der Waals surface area contributed by atoms with Crippen molar-refractivity contribution in [1.82, 2.24) is 0 Å². The van der Waals surface area contributed by atoms with E-state index in [1.807, 2.05) is 0 Å². The van der Waals surface area contributed by atoms with Crippen LogP contribution in [0.1, 0.15) is 31.8 Å². The molecule has 3 rings (SSSR count). The van der Waals surface area contributed by atoms with E-state index in [-0.39, 0.29) is 11.1 Å². The Morgan fingerprint density at radius 3 is 1.11 bits per heavy atom. The van der Waals surface area contributed by atoms with Crippen LogP contribution in [0.25, 0.3) is 11.1 Å². The van der Waals surface area contributed by atoms with E-state index in [0.717, 1.165) is 48.5 Å². The lowest BCUT2D eigenvalue weighted by Gasteiger charge is -2.25. The van der Waals surface area contributed by atoms with Gasteiger partial charge in [0.1, 0.15) is 12.6 Å². The fourth-order valence-corrected chi connectivity index (χ4v) is 2.93. The van der Waals surface area contributed by atoms with Gasteiger partial charge in [-0.1, -0.05) is 48.5 Å². The smallest absolute Gasteiger partial charge is 0.298 e. The Bertz CT molecular complexity index is 852. The minimum Gasteiger partial charge on any atom is -0.298 e. The number of hydrogen-bond acceptors (Lipinski definition) is 2. The minimum atomic E-state index is -5.66. The van der Waals surface area contributed by atoms with Gasteiger partial charge in [-0.25, -0.2) is 0 Å². The predicted octanol–water partition coefficient (Wildman–Crippen LogP) is 5.14. The number of carbonyl (C=O) groups is 2. The zero-order valence-electron chi connectivity index (χ0n) is 13.4. The molecule has 1 aliphatic rings. The van der Waals surface area contributed by atoms with E-state index < -0.39 is 40.0 Å². The molecule has 0 spiro atoms. The van der Waals surface area contributed by atoms with Crippen molar-refractivity contribution < 1.29 is 35.9 Å². The molecule has 0 N–H and O–H groups in total. The molecule has 2 aromatic rings. The number of carbonyl (C=O) groups excluding carboxylic acids is 2. The molecule has 0 radical (unpaired) electrons. The van der Waals surface area contributed by atoms with Crippen LogP contribution in [-0.4, -0.2) is 30.3 Å². The van der Waals surface area contributed by atoms with E-state index in [9.17, 15) is 35.9 Å². The first-order valence-electron chi connectivity index (χ1n) is 7.58. The molecule has 0 fully saturated rings. The summed E-state index contributed by atoms with van der Waals surface area (Å²) >= 11 is 0. The van der Waals surface area contributed by atoms with Gasteiger partial charge in [0, 0.05) is 22.3 Å². The standard InChI is InChI=1S/C19H10F6O2/c20-17(21)15(13-5-1-11(9-26)2-6-13)16(18(22,23)19(17,24)25)14-7-3-12(10-27)4-8-14/h1-10H. The van der Waals surface area contributed by atoms with Crippen LogP contribution in [0.5, 0.6) is 0 Å². The van der Waals surface area contributed by atoms with Gasteiger partial charge in [-0.15, -0.1) is 0 Å². The van der Waals surface area contributed by atoms with E-state index >= 15 is 0 Å². The Balaban J connectivity index is 2.33. The second-order valence-electron chi connectivity index (χ2n) is 5.95. The molecule has 0 heterocycles. The highest BCUT2D eigenvalue weighted by molar-refractivity contribution is 6.01. The molecule has 0 bridgehead atoms. The summed E-state index contributed by atoms with van der Waals surface area (Å²) in [5.41, 5.74) is -4.02. The molecular weight excluding hydrogens is 374 g/mol. The van der Waals surface area contributed by atoms with Crippen LogP contribution in [0, 0.1) is 0 Å². The van der Waals surface area contributed by atoms with Crippen molar-refractivity contribution in [3.63, 3.8) is 0 Å².